The highest BCUT2D eigenvalue weighted by Gasteiger charge is 2.19. The van der Waals surface area contributed by atoms with E-state index in [1.165, 1.54) is 37.3 Å². The lowest BCUT2D eigenvalue weighted by atomic mass is 10.2. The summed E-state index contributed by atoms with van der Waals surface area (Å²) in [5.74, 6) is -0.912. The van der Waals surface area contributed by atoms with Crippen molar-refractivity contribution < 1.29 is 9.18 Å². The Bertz CT molecular complexity index is 555. The molecule has 0 aromatic heterocycles. The van der Waals surface area contributed by atoms with Gasteiger partial charge in [0.05, 0.1) is 5.69 Å². The molecule has 19 heavy (non-hydrogen) atoms. The summed E-state index contributed by atoms with van der Waals surface area (Å²) in [6.07, 6.45) is 2.60. The number of carbonyl (C=O) groups excluding carboxylic acids is 1. The Morgan fingerprint density at radius 2 is 2.16 bits per heavy atom. The summed E-state index contributed by atoms with van der Waals surface area (Å²) in [6, 6.07) is 2.92. The Morgan fingerprint density at radius 1 is 1.53 bits per heavy atom. The van der Waals surface area contributed by atoms with E-state index in [1.807, 2.05) is 6.92 Å². The molecular weight excluding hydrogens is 313 g/mol. The molecule has 0 bridgehead atoms. The molecule has 0 spiro atoms. The molecule has 0 unspecified atom stereocenters. The van der Waals surface area contributed by atoms with Gasteiger partial charge in [0.1, 0.15) is 11.5 Å². The van der Waals surface area contributed by atoms with Crippen LogP contribution in [0.3, 0.4) is 0 Å². The van der Waals surface area contributed by atoms with E-state index < -0.39 is 11.7 Å². The van der Waals surface area contributed by atoms with Crippen LogP contribution < -0.4 is 10.6 Å². The van der Waals surface area contributed by atoms with E-state index in [0.717, 1.165) is 5.56 Å². The largest absolute Gasteiger partial charge is 0.405 e. The fourth-order valence-corrected chi connectivity index (χ4v) is 1.83. The summed E-state index contributed by atoms with van der Waals surface area (Å²) < 4.78 is 14.5. The van der Waals surface area contributed by atoms with Crippen molar-refractivity contribution in [2.75, 3.05) is 19.0 Å². The summed E-state index contributed by atoms with van der Waals surface area (Å²) in [7, 11) is 2.97. The predicted molar refractivity (Wildman–Crippen MR) is 78.9 cm³/mol. The molecule has 1 rings (SSSR count). The van der Waals surface area contributed by atoms with Crippen molar-refractivity contribution in [3.8, 4) is 0 Å². The standard InChI is InChI=1S/C13H15BrFN3O/c1-8-6-12(10(15)7-9(8)14)18(3)13(19)11(17-2)4-5-16/h4-7H,16H2,1-3H3. The molecule has 1 aromatic carbocycles. The number of hydrogen-bond donors (Lipinski definition) is 1. The second-order valence-electron chi connectivity index (χ2n) is 3.88. The molecule has 2 N–H and O–H groups in total. The molecule has 0 aliphatic carbocycles. The third-order valence-electron chi connectivity index (χ3n) is 2.61. The van der Waals surface area contributed by atoms with Crippen LogP contribution in [-0.2, 0) is 4.79 Å². The first-order valence-electron chi connectivity index (χ1n) is 5.51. The number of rotatable bonds is 3. The molecule has 4 nitrogen and oxygen atoms in total. The second-order valence-corrected chi connectivity index (χ2v) is 4.74. The highest BCUT2D eigenvalue weighted by molar-refractivity contribution is 9.10. The lowest BCUT2D eigenvalue weighted by molar-refractivity contribution is -0.112. The van der Waals surface area contributed by atoms with E-state index in [2.05, 4.69) is 20.9 Å². The third-order valence-corrected chi connectivity index (χ3v) is 3.46. The van der Waals surface area contributed by atoms with E-state index >= 15 is 0 Å². The molecule has 0 fully saturated rings. The van der Waals surface area contributed by atoms with Crippen molar-refractivity contribution in [2.45, 2.75) is 6.92 Å². The zero-order chi connectivity index (χ0) is 14.6. The second kappa shape index (κ2) is 6.47. The van der Waals surface area contributed by atoms with E-state index in [4.69, 9.17) is 5.73 Å². The van der Waals surface area contributed by atoms with Gasteiger partial charge in [-0.2, -0.15) is 0 Å². The quantitative estimate of drug-likeness (QED) is 0.866. The first-order valence-corrected chi connectivity index (χ1v) is 6.30. The van der Waals surface area contributed by atoms with Crippen LogP contribution in [-0.4, -0.2) is 25.7 Å². The maximum Gasteiger partial charge on any atom is 0.276 e. The molecular formula is C13H15BrFN3O. The summed E-state index contributed by atoms with van der Waals surface area (Å²) >= 11 is 3.24. The highest BCUT2D eigenvalue weighted by Crippen LogP contribution is 2.26. The molecule has 1 aromatic rings. The molecule has 102 valence electrons. The number of hydrogen-bond acceptors (Lipinski definition) is 3. The summed E-state index contributed by atoms with van der Waals surface area (Å²) in [4.78, 5) is 17.1. The van der Waals surface area contributed by atoms with Crippen LogP contribution in [0.15, 0.2) is 33.9 Å². The van der Waals surface area contributed by atoms with Crippen LogP contribution in [0.1, 0.15) is 5.56 Å². The number of nitrogens with zero attached hydrogens (tertiary/aromatic N) is 2. The van der Waals surface area contributed by atoms with Gasteiger partial charge in [0.25, 0.3) is 5.91 Å². The number of carbonyl (C=O) groups is 1. The first-order chi connectivity index (χ1) is 8.92. The molecule has 0 radical (unpaired) electrons. The summed E-state index contributed by atoms with van der Waals surface area (Å²) in [5, 5.41) is 0. The molecule has 0 aliphatic heterocycles. The molecule has 0 heterocycles. The van der Waals surface area contributed by atoms with Crippen molar-refractivity contribution >= 4 is 33.2 Å². The van der Waals surface area contributed by atoms with Crippen LogP contribution in [0.2, 0.25) is 0 Å². The number of amides is 1. The van der Waals surface area contributed by atoms with Crippen LogP contribution in [0.5, 0.6) is 0 Å². The molecule has 0 saturated heterocycles. The van der Waals surface area contributed by atoms with Crippen LogP contribution >= 0.6 is 15.9 Å². The number of halogens is 2. The zero-order valence-corrected chi connectivity index (χ0v) is 12.5. The Balaban J connectivity index is 3.17. The van der Waals surface area contributed by atoms with Gasteiger partial charge in [-0.1, -0.05) is 15.9 Å². The van der Waals surface area contributed by atoms with Crippen LogP contribution in [0.4, 0.5) is 10.1 Å². The smallest absolute Gasteiger partial charge is 0.276 e. The minimum atomic E-state index is -0.486. The normalized spacial score (nSPS) is 11.9. The van der Waals surface area contributed by atoms with E-state index in [1.54, 1.807) is 6.07 Å². The Morgan fingerprint density at radius 3 is 2.68 bits per heavy atom. The number of nitrogens with two attached hydrogens (primary N) is 1. The molecule has 0 atom stereocenters. The minimum absolute atomic E-state index is 0.157. The van der Waals surface area contributed by atoms with Gasteiger partial charge in [-0.25, -0.2) is 4.39 Å². The fourth-order valence-electron chi connectivity index (χ4n) is 1.51. The number of benzene rings is 1. The van der Waals surface area contributed by atoms with Gasteiger partial charge < -0.3 is 10.6 Å². The van der Waals surface area contributed by atoms with Gasteiger partial charge in [0.15, 0.2) is 0 Å². The third kappa shape index (κ3) is 3.41. The van der Waals surface area contributed by atoms with Crippen molar-refractivity contribution in [3.63, 3.8) is 0 Å². The van der Waals surface area contributed by atoms with Crippen molar-refractivity contribution in [1.29, 1.82) is 0 Å². The number of aryl methyl sites for hydroxylation is 1. The van der Waals surface area contributed by atoms with Gasteiger partial charge in [-0.05, 0) is 36.9 Å². The van der Waals surface area contributed by atoms with Crippen molar-refractivity contribution in [1.82, 2.24) is 0 Å². The van der Waals surface area contributed by atoms with Crippen LogP contribution in [0, 0.1) is 12.7 Å². The Hall–Kier alpha value is -1.69. The first kappa shape index (κ1) is 15.4. The molecule has 0 aliphatic rings. The highest BCUT2D eigenvalue weighted by atomic mass is 79.9. The lowest BCUT2D eigenvalue weighted by Crippen LogP contribution is -2.33. The predicted octanol–water partition coefficient (Wildman–Crippen LogP) is 2.40. The Kier molecular flexibility index (Phi) is 5.23. The summed E-state index contributed by atoms with van der Waals surface area (Å²) in [5.41, 5.74) is 6.43. The van der Waals surface area contributed by atoms with Gasteiger partial charge >= 0.3 is 0 Å². The SMILES string of the molecule is CN=C(C=CN)C(=O)N(C)c1cc(C)c(Br)cc1F. The van der Waals surface area contributed by atoms with Gasteiger partial charge in [-0.15, -0.1) is 0 Å². The number of anilines is 1. The molecule has 1 amide bonds. The molecule has 6 heteroatoms. The average molecular weight is 328 g/mol. The number of aliphatic imine (C=N–C) groups is 1. The maximum atomic E-state index is 13.9. The fraction of sp³-hybridized carbons (Fsp3) is 0.231. The van der Waals surface area contributed by atoms with E-state index in [9.17, 15) is 9.18 Å². The molecule has 0 saturated carbocycles. The van der Waals surface area contributed by atoms with Crippen molar-refractivity contribution in [3.05, 3.63) is 40.3 Å². The Labute approximate surface area is 119 Å². The van der Waals surface area contributed by atoms with Gasteiger partial charge in [0, 0.05) is 18.6 Å². The van der Waals surface area contributed by atoms with Gasteiger partial charge in [-0.3, -0.25) is 9.79 Å². The maximum absolute atomic E-state index is 13.9. The average Bonchev–Trinajstić information content (AvgIpc) is 2.38. The lowest BCUT2D eigenvalue weighted by Gasteiger charge is -2.19. The topological polar surface area (TPSA) is 58.7 Å². The van der Waals surface area contributed by atoms with Gasteiger partial charge in [0.2, 0.25) is 0 Å². The van der Waals surface area contributed by atoms with Crippen LogP contribution in [0.25, 0.3) is 0 Å². The zero-order valence-electron chi connectivity index (χ0n) is 10.9. The monoisotopic (exact) mass is 327 g/mol. The van der Waals surface area contributed by atoms with E-state index in [-0.39, 0.29) is 11.4 Å². The summed E-state index contributed by atoms with van der Waals surface area (Å²) in [6.45, 7) is 1.82. The van der Waals surface area contributed by atoms with E-state index in [0.29, 0.717) is 4.47 Å². The minimum Gasteiger partial charge on any atom is -0.405 e. The van der Waals surface area contributed by atoms with Crippen molar-refractivity contribution in [2.24, 2.45) is 10.7 Å².